The first-order chi connectivity index (χ1) is 9.11. The van der Waals surface area contributed by atoms with Crippen molar-refractivity contribution in [2.24, 2.45) is 0 Å². The lowest BCUT2D eigenvalue weighted by Crippen LogP contribution is -2.37. The Kier molecular flexibility index (Phi) is 4.56. The highest BCUT2D eigenvalue weighted by molar-refractivity contribution is 5.76. The van der Waals surface area contributed by atoms with E-state index in [0.717, 1.165) is 38.2 Å². The molecule has 2 heterocycles. The van der Waals surface area contributed by atoms with Crippen LogP contribution in [0.3, 0.4) is 0 Å². The zero-order valence-corrected chi connectivity index (χ0v) is 12.1. The van der Waals surface area contributed by atoms with Crippen LogP contribution in [0.2, 0.25) is 0 Å². The molecule has 1 aromatic heterocycles. The molecule has 1 saturated heterocycles. The summed E-state index contributed by atoms with van der Waals surface area (Å²) >= 11 is 0. The third-order valence-corrected chi connectivity index (χ3v) is 3.61. The van der Waals surface area contributed by atoms with E-state index in [-0.39, 0.29) is 11.8 Å². The lowest BCUT2D eigenvalue weighted by Gasteiger charge is -2.30. The predicted octanol–water partition coefficient (Wildman–Crippen LogP) is 2.70. The molecule has 0 N–H and O–H groups in total. The summed E-state index contributed by atoms with van der Waals surface area (Å²) in [5.41, 5.74) is 0. The van der Waals surface area contributed by atoms with Gasteiger partial charge < -0.3 is 9.32 Å². The second-order valence-electron chi connectivity index (χ2n) is 5.54. The van der Waals surface area contributed by atoms with Gasteiger partial charge in [0.2, 0.25) is 17.7 Å². The van der Waals surface area contributed by atoms with Gasteiger partial charge in [0, 0.05) is 31.3 Å². The monoisotopic (exact) mass is 265 g/mol. The van der Waals surface area contributed by atoms with Gasteiger partial charge in [0.1, 0.15) is 0 Å². The maximum Gasteiger partial charge on any atom is 0.222 e. The second kappa shape index (κ2) is 6.17. The van der Waals surface area contributed by atoms with E-state index >= 15 is 0 Å². The van der Waals surface area contributed by atoms with Crippen LogP contribution in [0.15, 0.2) is 4.42 Å². The number of amides is 1. The molecular formula is C14H23N3O2. The number of hydrogen-bond donors (Lipinski definition) is 0. The molecule has 0 aliphatic carbocycles. The minimum Gasteiger partial charge on any atom is -0.425 e. The molecule has 1 aliphatic heterocycles. The van der Waals surface area contributed by atoms with Crippen molar-refractivity contribution in [2.45, 2.75) is 58.3 Å². The van der Waals surface area contributed by atoms with Gasteiger partial charge in [-0.05, 0) is 19.3 Å². The van der Waals surface area contributed by atoms with Gasteiger partial charge in [0.15, 0.2) is 0 Å². The average molecular weight is 265 g/mol. The minimum absolute atomic E-state index is 0.271. The number of carbonyl (C=O) groups is 1. The Balaban J connectivity index is 1.90. The highest BCUT2D eigenvalue weighted by Gasteiger charge is 2.27. The Labute approximate surface area is 114 Å². The number of nitrogens with zero attached hydrogens (tertiary/aromatic N) is 3. The van der Waals surface area contributed by atoms with Crippen molar-refractivity contribution in [1.82, 2.24) is 15.1 Å². The molecule has 5 nitrogen and oxygen atoms in total. The largest absolute Gasteiger partial charge is 0.425 e. The van der Waals surface area contributed by atoms with Crippen LogP contribution in [-0.4, -0.2) is 34.1 Å². The highest BCUT2D eigenvalue weighted by atomic mass is 16.4. The SMILES string of the molecule is CCCC(=O)N1CCC(c2nnc(C(C)C)o2)CC1. The van der Waals surface area contributed by atoms with Crippen molar-refractivity contribution in [2.75, 3.05) is 13.1 Å². The summed E-state index contributed by atoms with van der Waals surface area (Å²) in [5, 5.41) is 8.22. The first-order valence-corrected chi connectivity index (χ1v) is 7.22. The first kappa shape index (κ1) is 14.0. The Morgan fingerprint density at radius 3 is 2.58 bits per heavy atom. The fourth-order valence-electron chi connectivity index (χ4n) is 2.39. The maximum atomic E-state index is 11.8. The Morgan fingerprint density at radius 1 is 1.37 bits per heavy atom. The van der Waals surface area contributed by atoms with Crippen LogP contribution in [0.5, 0.6) is 0 Å². The van der Waals surface area contributed by atoms with Crippen molar-refractivity contribution in [3.05, 3.63) is 11.8 Å². The number of rotatable bonds is 4. The molecule has 5 heteroatoms. The van der Waals surface area contributed by atoms with E-state index in [1.165, 1.54) is 0 Å². The summed E-state index contributed by atoms with van der Waals surface area (Å²) in [5.74, 6) is 2.30. The molecule has 0 spiro atoms. The van der Waals surface area contributed by atoms with Crippen molar-refractivity contribution in [3.8, 4) is 0 Å². The summed E-state index contributed by atoms with van der Waals surface area (Å²) in [7, 11) is 0. The van der Waals surface area contributed by atoms with Crippen molar-refractivity contribution in [1.29, 1.82) is 0 Å². The summed E-state index contributed by atoms with van der Waals surface area (Å²) in [6.07, 6.45) is 3.42. The summed E-state index contributed by atoms with van der Waals surface area (Å²) in [6.45, 7) is 7.74. The zero-order chi connectivity index (χ0) is 13.8. The van der Waals surface area contributed by atoms with E-state index in [0.29, 0.717) is 18.2 Å². The van der Waals surface area contributed by atoms with Crippen LogP contribution in [-0.2, 0) is 4.79 Å². The molecule has 0 unspecified atom stereocenters. The quantitative estimate of drug-likeness (QED) is 0.839. The van der Waals surface area contributed by atoms with Crippen molar-refractivity contribution in [3.63, 3.8) is 0 Å². The second-order valence-corrected chi connectivity index (χ2v) is 5.54. The molecule has 106 valence electrons. The lowest BCUT2D eigenvalue weighted by molar-refractivity contribution is -0.132. The Hall–Kier alpha value is -1.39. The van der Waals surface area contributed by atoms with Gasteiger partial charge >= 0.3 is 0 Å². The molecule has 19 heavy (non-hydrogen) atoms. The van der Waals surface area contributed by atoms with Crippen LogP contribution < -0.4 is 0 Å². The number of piperidine rings is 1. The maximum absolute atomic E-state index is 11.8. The molecule has 0 bridgehead atoms. The first-order valence-electron chi connectivity index (χ1n) is 7.22. The number of likely N-dealkylation sites (tertiary alicyclic amines) is 1. The molecule has 0 aromatic carbocycles. The van der Waals surface area contributed by atoms with Crippen LogP contribution in [0.25, 0.3) is 0 Å². The van der Waals surface area contributed by atoms with E-state index < -0.39 is 0 Å². The van der Waals surface area contributed by atoms with Crippen LogP contribution in [0.4, 0.5) is 0 Å². The lowest BCUT2D eigenvalue weighted by atomic mass is 9.96. The number of carbonyl (C=O) groups excluding carboxylic acids is 1. The zero-order valence-electron chi connectivity index (χ0n) is 12.1. The molecular weight excluding hydrogens is 242 g/mol. The number of aromatic nitrogens is 2. The smallest absolute Gasteiger partial charge is 0.222 e. The van der Waals surface area contributed by atoms with Gasteiger partial charge in [-0.15, -0.1) is 10.2 Å². The minimum atomic E-state index is 0.271. The van der Waals surface area contributed by atoms with Gasteiger partial charge in [-0.25, -0.2) is 0 Å². The van der Waals surface area contributed by atoms with Gasteiger partial charge in [0.25, 0.3) is 0 Å². The summed E-state index contributed by atoms with van der Waals surface area (Å²) in [6, 6.07) is 0. The summed E-state index contributed by atoms with van der Waals surface area (Å²) in [4.78, 5) is 13.8. The fourth-order valence-corrected chi connectivity index (χ4v) is 2.39. The topological polar surface area (TPSA) is 59.2 Å². The Morgan fingerprint density at radius 2 is 2.05 bits per heavy atom. The van der Waals surface area contributed by atoms with E-state index in [9.17, 15) is 4.79 Å². The van der Waals surface area contributed by atoms with Gasteiger partial charge in [0.05, 0.1) is 0 Å². The third kappa shape index (κ3) is 3.33. The van der Waals surface area contributed by atoms with E-state index in [1.54, 1.807) is 0 Å². The predicted molar refractivity (Wildman–Crippen MR) is 71.9 cm³/mol. The molecule has 0 atom stereocenters. The molecule has 1 aromatic rings. The molecule has 2 rings (SSSR count). The van der Waals surface area contributed by atoms with E-state index in [4.69, 9.17) is 4.42 Å². The van der Waals surface area contributed by atoms with Crippen LogP contribution in [0, 0.1) is 0 Å². The van der Waals surface area contributed by atoms with Gasteiger partial charge in [-0.2, -0.15) is 0 Å². The van der Waals surface area contributed by atoms with Crippen molar-refractivity contribution >= 4 is 5.91 Å². The average Bonchev–Trinajstić information content (AvgIpc) is 2.89. The molecule has 1 amide bonds. The highest BCUT2D eigenvalue weighted by Crippen LogP contribution is 2.28. The van der Waals surface area contributed by atoms with E-state index in [1.807, 2.05) is 25.7 Å². The molecule has 0 saturated carbocycles. The molecule has 1 aliphatic rings. The van der Waals surface area contributed by atoms with Crippen LogP contribution >= 0.6 is 0 Å². The standard InChI is InChI=1S/C14H23N3O2/c1-4-5-12(18)17-8-6-11(7-9-17)14-16-15-13(19-14)10(2)3/h10-11H,4-9H2,1-3H3. The third-order valence-electron chi connectivity index (χ3n) is 3.61. The van der Waals surface area contributed by atoms with Gasteiger partial charge in [-0.3, -0.25) is 4.79 Å². The van der Waals surface area contributed by atoms with E-state index in [2.05, 4.69) is 10.2 Å². The summed E-state index contributed by atoms with van der Waals surface area (Å²) < 4.78 is 5.70. The number of hydrogen-bond acceptors (Lipinski definition) is 4. The van der Waals surface area contributed by atoms with Gasteiger partial charge in [-0.1, -0.05) is 20.8 Å². The molecule has 1 fully saturated rings. The fraction of sp³-hybridized carbons (Fsp3) is 0.786. The Bertz CT molecular complexity index is 420. The van der Waals surface area contributed by atoms with Crippen LogP contribution in [0.1, 0.15) is 70.1 Å². The molecule has 0 radical (unpaired) electrons. The normalized spacial score (nSPS) is 17.2. The van der Waals surface area contributed by atoms with Crippen molar-refractivity contribution < 1.29 is 9.21 Å².